The average Bonchev–Trinajstić information content (AvgIpc) is 2.92. The van der Waals surface area contributed by atoms with Gasteiger partial charge in [0.05, 0.1) is 5.56 Å². The van der Waals surface area contributed by atoms with Crippen LogP contribution in [0.3, 0.4) is 0 Å². The topological polar surface area (TPSA) is 55.1 Å². The number of hydrogen-bond acceptors (Lipinski definition) is 5. The van der Waals surface area contributed by atoms with Gasteiger partial charge in [-0.1, -0.05) is 36.0 Å². The molecule has 0 aliphatic rings. The first-order valence-corrected chi connectivity index (χ1v) is 8.41. The number of pyridine rings is 1. The molecule has 0 saturated heterocycles. The zero-order valence-corrected chi connectivity index (χ0v) is 13.5. The van der Waals surface area contributed by atoms with Crippen molar-refractivity contribution < 1.29 is 5.11 Å². The minimum atomic E-state index is -0.229. The van der Waals surface area contributed by atoms with Crippen molar-refractivity contribution in [1.29, 1.82) is 0 Å². The number of aromatic hydroxyl groups is 1. The summed E-state index contributed by atoms with van der Waals surface area (Å²) in [5, 5.41) is 10.6. The van der Waals surface area contributed by atoms with Gasteiger partial charge in [-0.05, 0) is 24.3 Å². The van der Waals surface area contributed by atoms with Crippen LogP contribution < -0.4 is 5.56 Å². The molecule has 0 aliphatic heterocycles. The van der Waals surface area contributed by atoms with Gasteiger partial charge in [-0.2, -0.15) is 0 Å². The molecule has 1 aromatic carbocycles. The highest BCUT2D eigenvalue weighted by Gasteiger charge is 2.20. The Morgan fingerprint density at radius 1 is 1.33 bits per heavy atom. The van der Waals surface area contributed by atoms with Crippen molar-refractivity contribution in [2.75, 3.05) is 6.26 Å². The molecule has 0 aliphatic carbocycles. The molecule has 0 unspecified atom stereocenters. The molecule has 0 fully saturated rings. The summed E-state index contributed by atoms with van der Waals surface area (Å²) in [4.78, 5) is 17.0. The Kier molecular flexibility index (Phi) is 3.51. The van der Waals surface area contributed by atoms with Gasteiger partial charge in [0.15, 0.2) is 9.99 Å². The molecule has 1 N–H and O–H groups in total. The normalized spacial score (nSPS) is 11.2. The minimum absolute atomic E-state index is 0.0280. The summed E-state index contributed by atoms with van der Waals surface area (Å²) >= 11 is 2.91. The van der Waals surface area contributed by atoms with E-state index in [0.717, 1.165) is 15.5 Å². The molecule has 3 rings (SSSR count). The lowest BCUT2D eigenvalue weighted by molar-refractivity contribution is 0.482. The molecule has 21 heavy (non-hydrogen) atoms. The standard InChI is InChI=1S/C15H14N2O2S2/c1-8-6-4-5-7-9(8)10-11(18)12-13(17(2)14(10)19)16-15(20-3)21-12/h4-7,18H,1-3H3. The predicted molar refractivity (Wildman–Crippen MR) is 88.5 cm³/mol. The van der Waals surface area contributed by atoms with E-state index in [0.29, 0.717) is 15.9 Å². The van der Waals surface area contributed by atoms with Crippen molar-refractivity contribution in [2.45, 2.75) is 11.3 Å². The summed E-state index contributed by atoms with van der Waals surface area (Å²) in [6.45, 7) is 1.93. The highest BCUT2D eigenvalue weighted by atomic mass is 32.2. The Morgan fingerprint density at radius 2 is 2.05 bits per heavy atom. The second kappa shape index (κ2) is 5.20. The van der Waals surface area contributed by atoms with Crippen LogP contribution >= 0.6 is 23.1 Å². The second-order valence-electron chi connectivity index (χ2n) is 4.74. The minimum Gasteiger partial charge on any atom is -0.505 e. The third-order valence-corrected chi connectivity index (χ3v) is 5.50. The third-order valence-electron chi connectivity index (χ3n) is 3.47. The fraction of sp³-hybridized carbons (Fsp3) is 0.200. The molecule has 4 nitrogen and oxygen atoms in total. The first-order chi connectivity index (χ1) is 10.0. The maximum atomic E-state index is 12.6. The lowest BCUT2D eigenvalue weighted by atomic mass is 10.0. The molecule has 2 aromatic heterocycles. The van der Waals surface area contributed by atoms with Crippen molar-refractivity contribution in [2.24, 2.45) is 7.05 Å². The Hall–Kier alpha value is -1.79. The van der Waals surface area contributed by atoms with Crippen LogP contribution in [0, 0.1) is 6.92 Å². The molecule has 0 radical (unpaired) electrons. The van der Waals surface area contributed by atoms with E-state index in [2.05, 4.69) is 4.98 Å². The van der Waals surface area contributed by atoms with Gasteiger partial charge in [-0.15, -0.1) is 11.3 Å². The van der Waals surface area contributed by atoms with Gasteiger partial charge in [0, 0.05) is 7.05 Å². The van der Waals surface area contributed by atoms with Crippen LogP contribution in [-0.4, -0.2) is 20.9 Å². The van der Waals surface area contributed by atoms with Crippen LogP contribution in [0.2, 0.25) is 0 Å². The lowest BCUT2D eigenvalue weighted by Gasteiger charge is -2.10. The first-order valence-electron chi connectivity index (χ1n) is 6.37. The SMILES string of the molecule is CSc1nc2c(s1)c(O)c(-c1ccccc1C)c(=O)n2C. The quantitative estimate of drug-likeness (QED) is 0.736. The summed E-state index contributed by atoms with van der Waals surface area (Å²) in [6, 6.07) is 7.56. The van der Waals surface area contributed by atoms with E-state index in [-0.39, 0.29) is 11.3 Å². The van der Waals surface area contributed by atoms with Crippen LogP contribution in [0.15, 0.2) is 33.4 Å². The van der Waals surface area contributed by atoms with Gasteiger partial charge in [-0.3, -0.25) is 9.36 Å². The second-order valence-corrected chi connectivity index (χ2v) is 6.79. The van der Waals surface area contributed by atoms with Crippen molar-refractivity contribution in [3.05, 3.63) is 40.2 Å². The van der Waals surface area contributed by atoms with E-state index >= 15 is 0 Å². The van der Waals surface area contributed by atoms with E-state index in [1.54, 1.807) is 7.05 Å². The average molecular weight is 318 g/mol. The van der Waals surface area contributed by atoms with Crippen LogP contribution in [0.4, 0.5) is 0 Å². The molecule has 0 atom stereocenters. The maximum absolute atomic E-state index is 12.6. The van der Waals surface area contributed by atoms with Crippen LogP contribution in [0.25, 0.3) is 21.5 Å². The highest BCUT2D eigenvalue weighted by molar-refractivity contribution is 8.00. The Labute approximate surface area is 130 Å². The molecule has 0 amide bonds. The smallest absolute Gasteiger partial charge is 0.263 e. The first kappa shape index (κ1) is 14.2. The molecule has 0 spiro atoms. The summed E-state index contributed by atoms with van der Waals surface area (Å²) in [6.07, 6.45) is 1.93. The highest BCUT2D eigenvalue weighted by Crippen LogP contribution is 2.39. The van der Waals surface area contributed by atoms with E-state index in [1.807, 2.05) is 37.4 Å². The van der Waals surface area contributed by atoms with Gasteiger partial charge in [0.1, 0.15) is 10.4 Å². The number of hydrogen-bond donors (Lipinski definition) is 1. The third kappa shape index (κ3) is 2.15. The van der Waals surface area contributed by atoms with Gasteiger partial charge in [0.2, 0.25) is 0 Å². The zero-order valence-electron chi connectivity index (χ0n) is 11.9. The number of aryl methyl sites for hydroxylation is 2. The summed E-state index contributed by atoms with van der Waals surface area (Å²) < 4.78 is 2.99. The Morgan fingerprint density at radius 3 is 2.71 bits per heavy atom. The van der Waals surface area contributed by atoms with Crippen LogP contribution in [-0.2, 0) is 7.05 Å². The number of benzene rings is 1. The van der Waals surface area contributed by atoms with Gasteiger partial charge in [-0.25, -0.2) is 4.98 Å². The number of nitrogens with zero attached hydrogens (tertiary/aromatic N) is 2. The summed E-state index contributed by atoms with van der Waals surface area (Å²) in [5.74, 6) is 0.0280. The van der Waals surface area contributed by atoms with Gasteiger partial charge < -0.3 is 5.11 Å². The number of thiazole rings is 1. The molecular formula is C15H14N2O2S2. The summed E-state index contributed by atoms with van der Waals surface area (Å²) in [5.41, 5.74) is 2.37. The molecule has 108 valence electrons. The molecule has 0 bridgehead atoms. The van der Waals surface area contributed by atoms with Gasteiger partial charge >= 0.3 is 0 Å². The monoisotopic (exact) mass is 318 g/mol. The van der Waals surface area contributed by atoms with Gasteiger partial charge in [0.25, 0.3) is 5.56 Å². The molecule has 3 aromatic rings. The lowest BCUT2D eigenvalue weighted by Crippen LogP contribution is -2.19. The number of rotatable bonds is 2. The van der Waals surface area contributed by atoms with Crippen LogP contribution in [0.5, 0.6) is 5.75 Å². The zero-order chi connectivity index (χ0) is 15.1. The predicted octanol–water partition coefficient (Wildman–Crippen LogP) is 3.40. The number of fused-ring (bicyclic) bond motifs is 1. The van der Waals surface area contributed by atoms with Crippen molar-refractivity contribution >= 4 is 33.4 Å². The van der Waals surface area contributed by atoms with Crippen molar-refractivity contribution in [3.63, 3.8) is 0 Å². The maximum Gasteiger partial charge on any atom is 0.263 e. The molecule has 2 heterocycles. The fourth-order valence-electron chi connectivity index (χ4n) is 2.34. The molecule has 6 heteroatoms. The van der Waals surface area contributed by atoms with Crippen molar-refractivity contribution in [3.8, 4) is 16.9 Å². The number of aromatic nitrogens is 2. The largest absolute Gasteiger partial charge is 0.505 e. The van der Waals surface area contributed by atoms with E-state index in [1.165, 1.54) is 27.7 Å². The van der Waals surface area contributed by atoms with E-state index < -0.39 is 0 Å². The number of thioether (sulfide) groups is 1. The van der Waals surface area contributed by atoms with Crippen molar-refractivity contribution in [1.82, 2.24) is 9.55 Å². The fourth-order valence-corrected chi connectivity index (χ4v) is 3.88. The Bertz CT molecular complexity index is 897. The van der Waals surface area contributed by atoms with E-state index in [9.17, 15) is 9.90 Å². The van der Waals surface area contributed by atoms with Crippen LogP contribution in [0.1, 0.15) is 5.56 Å². The van der Waals surface area contributed by atoms with E-state index in [4.69, 9.17) is 0 Å². The Balaban J connectivity index is 2.44. The summed E-state index contributed by atoms with van der Waals surface area (Å²) in [7, 11) is 1.69. The molecule has 0 saturated carbocycles. The molecular weight excluding hydrogens is 304 g/mol.